The van der Waals surface area contributed by atoms with Crippen molar-refractivity contribution in [3.05, 3.63) is 35.4 Å². The second-order valence-corrected chi connectivity index (χ2v) is 3.45. The zero-order chi connectivity index (χ0) is 11.7. The molecule has 0 aliphatic carbocycles. The molecule has 17 heavy (non-hydrogen) atoms. The van der Waals surface area contributed by atoms with Gasteiger partial charge in [0.2, 0.25) is 0 Å². The summed E-state index contributed by atoms with van der Waals surface area (Å²) in [5.74, 6) is 0. The highest BCUT2D eigenvalue weighted by atomic mass is 15.1. The molecular weight excluding hydrogens is 206 g/mol. The van der Waals surface area contributed by atoms with Crippen molar-refractivity contribution in [1.29, 1.82) is 0 Å². The van der Waals surface area contributed by atoms with Crippen LogP contribution < -0.4 is 0 Å². The van der Waals surface area contributed by atoms with Gasteiger partial charge in [-0.1, -0.05) is 72.4 Å². The van der Waals surface area contributed by atoms with Gasteiger partial charge >= 0.3 is 0 Å². The van der Waals surface area contributed by atoms with Crippen LogP contribution in [0.3, 0.4) is 0 Å². The average Bonchev–Trinajstić information content (AvgIpc) is 2.31. The van der Waals surface area contributed by atoms with Gasteiger partial charge in [-0.05, 0) is 25.6 Å². The molecule has 0 saturated carbocycles. The molecule has 102 valence electrons. The SMILES string of the molecule is C.C.CC.CCN(CC)Cc1ccc(C)cc1. The van der Waals surface area contributed by atoms with E-state index in [0.717, 1.165) is 19.6 Å². The largest absolute Gasteiger partial charge is 0.300 e. The summed E-state index contributed by atoms with van der Waals surface area (Å²) in [7, 11) is 0. The Hall–Kier alpha value is -0.820. The lowest BCUT2D eigenvalue weighted by Crippen LogP contribution is -2.21. The normalized spacial score (nSPS) is 8.59. The van der Waals surface area contributed by atoms with Crippen LogP contribution in [0.25, 0.3) is 0 Å². The number of hydrogen-bond donors (Lipinski definition) is 0. The number of nitrogens with zero attached hydrogens (tertiary/aromatic N) is 1. The molecule has 1 heteroatoms. The minimum Gasteiger partial charge on any atom is -0.300 e. The third kappa shape index (κ3) is 8.93. The monoisotopic (exact) mass is 239 g/mol. The number of hydrogen-bond acceptors (Lipinski definition) is 1. The molecule has 0 aromatic heterocycles. The average molecular weight is 239 g/mol. The maximum absolute atomic E-state index is 2.42. The topological polar surface area (TPSA) is 3.24 Å². The van der Waals surface area contributed by atoms with Gasteiger partial charge in [0, 0.05) is 6.54 Å². The van der Waals surface area contributed by atoms with Crippen LogP contribution in [0.1, 0.15) is 53.7 Å². The zero-order valence-corrected chi connectivity index (χ0v) is 10.9. The van der Waals surface area contributed by atoms with Crippen molar-refractivity contribution >= 4 is 0 Å². The van der Waals surface area contributed by atoms with E-state index in [9.17, 15) is 0 Å². The van der Waals surface area contributed by atoms with Gasteiger partial charge < -0.3 is 0 Å². The standard InChI is InChI=1S/C12H19N.C2H6.2CH4/c1-4-13(5-2)10-12-8-6-11(3)7-9-12;1-2;;/h6-9H,4-5,10H2,1-3H3;1-2H3;2*1H4. The molecule has 1 aromatic rings. The summed E-state index contributed by atoms with van der Waals surface area (Å²) >= 11 is 0. The summed E-state index contributed by atoms with van der Waals surface area (Å²) in [5, 5.41) is 0. The minimum atomic E-state index is 0. The Morgan fingerprint density at radius 2 is 1.29 bits per heavy atom. The van der Waals surface area contributed by atoms with Crippen LogP contribution in [0.5, 0.6) is 0 Å². The van der Waals surface area contributed by atoms with Gasteiger partial charge in [0.05, 0.1) is 0 Å². The summed E-state index contributed by atoms with van der Waals surface area (Å²) in [6, 6.07) is 8.79. The molecule has 0 aliphatic heterocycles. The predicted octanol–water partition coefficient (Wildman–Crippen LogP) is 5.14. The van der Waals surface area contributed by atoms with Gasteiger partial charge in [0.15, 0.2) is 0 Å². The molecule has 0 saturated heterocycles. The van der Waals surface area contributed by atoms with E-state index >= 15 is 0 Å². The van der Waals surface area contributed by atoms with Crippen LogP contribution in [-0.4, -0.2) is 18.0 Å². The summed E-state index contributed by atoms with van der Waals surface area (Å²) in [6.45, 7) is 13.9. The zero-order valence-electron chi connectivity index (χ0n) is 10.9. The fraction of sp³-hybridized carbons (Fsp3) is 0.625. The van der Waals surface area contributed by atoms with E-state index in [-0.39, 0.29) is 14.9 Å². The third-order valence-corrected chi connectivity index (χ3v) is 2.42. The van der Waals surface area contributed by atoms with Gasteiger partial charge in [-0.25, -0.2) is 0 Å². The fourth-order valence-electron chi connectivity index (χ4n) is 1.40. The van der Waals surface area contributed by atoms with Gasteiger partial charge in [-0.2, -0.15) is 0 Å². The Kier molecular flexibility index (Phi) is 16.7. The Labute approximate surface area is 110 Å². The first-order chi connectivity index (χ1) is 7.26. The van der Waals surface area contributed by atoms with Crippen LogP contribution in [0.15, 0.2) is 24.3 Å². The first-order valence-corrected chi connectivity index (χ1v) is 6.04. The highest BCUT2D eigenvalue weighted by Crippen LogP contribution is 2.06. The van der Waals surface area contributed by atoms with Gasteiger partial charge in [-0.15, -0.1) is 0 Å². The van der Waals surface area contributed by atoms with E-state index in [1.165, 1.54) is 11.1 Å². The van der Waals surface area contributed by atoms with Crippen molar-refractivity contribution in [2.45, 2.75) is 56.0 Å². The van der Waals surface area contributed by atoms with E-state index < -0.39 is 0 Å². The van der Waals surface area contributed by atoms with Crippen molar-refractivity contribution in [2.24, 2.45) is 0 Å². The molecule has 0 atom stereocenters. The van der Waals surface area contributed by atoms with Crippen LogP contribution in [0.4, 0.5) is 0 Å². The molecule has 1 nitrogen and oxygen atoms in total. The van der Waals surface area contributed by atoms with Crippen LogP contribution >= 0.6 is 0 Å². The molecule has 0 bridgehead atoms. The quantitative estimate of drug-likeness (QED) is 0.703. The Bertz CT molecular complexity index is 234. The molecule has 0 aliphatic rings. The van der Waals surface area contributed by atoms with E-state index in [0.29, 0.717) is 0 Å². The predicted molar refractivity (Wildman–Crippen MR) is 82.6 cm³/mol. The second-order valence-electron chi connectivity index (χ2n) is 3.45. The van der Waals surface area contributed by atoms with E-state index in [1.54, 1.807) is 0 Å². The van der Waals surface area contributed by atoms with Gasteiger partial charge in [0.1, 0.15) is 0 Å². The summed E-state index contributed by atoms with van der Waals surface area (Å²) < 4.78 is 0. The fourth-order valence-corrected chi connectivity index (χ4v) is 1.40. The molecule has 0 amide bonds. The Balaban J connectivity index is -0.000000464. The van der Waals surface area contributed by atoms with E-state index in [2.05, 4.69) is 49.9 Å². The number of rotatable bonds is 4. The smallest absolute Gasteiger partial charge is 0.0233 e. The minimum absolute atomic E-state index is 0. The molecule has 1 rings (SSSR count). The summed E-state index contributed by atoms with van der Waals surface area (Å²) in [5.41, 5.74) is 2.75. The van der Waals surface area contributed by atoms with Crippen LogP contribution in [0, 0.1) is 6.92 Å². The molecule has 0 heterocycles. The third-order valence-electron chi connectivity index (χ3n) is 2.42. The summed E-state index contributed by atoms with van der Waals surface area (Å²) in [6.07, 6.45) is 0. The molecular formula is C16H33N. The number of benzene rings is 1. The maximum Gasteiger partial charge on any atom is 0.0233 e. The number of aryl methyl sites for hydroxylation is 1. The van der Waals surface area contributed by atoms with Crippen LogP contribution in [0.2, 0.25) is 0 Å². The lowest BCUT2D eigenvalue weighted by Gasteiger charge is -2.17. The molecule has 0 unspecified atom stereocenters. The molecule has 0 N–H and O–H groups in total. The molecule has 0 spiro atoms. The lowest BCUT2D eigenvalue weighted by atomic mass is 10.1. The highest BCUT2D eigenvalue weighted by molar-refractivity contribution is 5.21. The highest BCUT2D eigenvalue weighted by Gasteiger charge is 1.99. The lowest BCUT2D eigenvalue weighted by molar-refractivity contribution is 0.296. The van der Waals surface area contributed by atoms with Gasteiger partial charge in [0.25, 0.3) is 0 Å². The summed E-state index contributed by atoms with van der Waals surface area (Å²) in [4.78, 5) is 2.42. The van der Waals surface area contributed by atoms with Crippen LogP contribution in [-0.2, 0) is 6.54 Å². The van der Waals surface area contributed by atoms with Crippen molar-refractivity contribution < 1.29 is 0 Å². The maximum atomic E-state index is 2.42. The van der Waals surface area contributed by atoms with Crippen molar-refractivity contribution in [1.82, 2.24) is 4.90 Å². The van der Waals surface area contributed by atoms with Crippen molar-refractivity contribution in [3.63, 3.8) is 0 Å². The van der Waals surface area contributed by atoms with E-state index in [1.807, 2.05) is 13.8 Å². The Morgan fingerprint density at radius 1 is 0.882 bits per heavy atom. The Morgan fingerprint density at radius 3 is 1.65 bits per heavy atom. The molecule has 0 radical (unpaired) electrons. The van der Waals surface area contributed by atoms with E-state index in [4.69, 9.17) is 0 Å². The van der Waals surface area contributed by atoms with Gasteiger partial charge in [-0.3, -0.25) is 4.90 Å². The molecule has 0 fully saturated rings. The first kappa shape index (κ1) is 21.5. The first-order valence-electron chi connectivity index (χ1n) is 6.04. The second kappa shape index (κ2) is 13.2. The van der Waals surface area contributed by atoms with Crippen molar-refractivity contribution in [2.75, 3.05) is 13.1 Å². The molecule has 1 aromatic carbocycles. The van der Waals surface area contributed by atoms with Crippen molar-refractivity contribution in [3.8, 4) is 0 Å².